The predicted octanol–water partition coefficient (Wildman–Crippen LogP) is 5.01. The van der Waals surface area contributed by atoms with Gasteiger partial charge in [-0.1, -0.05) is 56.4 Å². The number of hydrogen-bond acceptors (Lipinski definition) is 2. The van der Waals surface area contributed by atoms with Crippen molar-refractivity contribution in [3.8, 4) is 5.88 Å². The second-order valence-corrected chi connectivity index (χ2v) is 6.10. The normalized spacial score (nSPS) is 11.0. The second kappa shape index (κ2) is 9.19. The number of fused-ring (bicyclic) bond motifs is 1. The molecule has 0 fully saturated rings. The first kappa shape index (κ1) is 17.3. The number of aromatic hydroxyl groups is 1. The lowest BCUT2D eigenvalue weighted by atomic mass is 10.1. The standard InChI is InChI=1S/C20H27NO2/c1-2-3-4-5-6-7-8-9-12-15-21-19(22)16-17-13-10-11-14-18(17)20(21)23/h2,10-11,13-14,16,23H,1,3-9,12,15H2. The maximum atomic E-state index is 12.1. The summed E-state index contributed by atoms with van der Waals surface area (Å²) in [5.74, 6) is 0.0949. The van der Waals surface area contributed by atoms with E-state index in [1.54, 1.807) is 6.07 Å². The molecule has 0 bridgehead atoms. The van der Waals surface area contributed by atoms with Gasteiger partial charge in [0.2, 0.25) is 5.88 Å². The number of nitrogens with zero attached hydrogens (tertiary/aromatic N) is 1. The monoisotopic (exact) mass is 313 g/mol. The van der Waals surface area contributed by atoms with Crippen LogP contribution >= 0.6 is 0 Å². The average molecular weight is 313 g/mol. The fourth-order valence-corrected chi connectivity index (χ4v) is 2.95. The summed E-state index contributed by atoms with van der Waals surface area (Å²) in [6.45, 7) is 4.32. The molecule has 0 aliphatic rings. The van der Waals surface area contributed by atoms with Gasteiger partial charge in [-0.05, 0) is 30.7 Å². The number of benzene rings is 1. The molecule has 1 aromatic carbocycles. The van der Waals surface area contributed by atoms with Crippen molar-refractivity contribution in [2.24, 2.45) is 0 Å². The molecule has 2 aromatic rings. The molecule has 0 aliphatic heterocycles. The van der Waals surface area contributed by atoms with Gasteiger partial charge in [-0.15, -0.1) is 6.58 Å². The van der Waals surface area contributed by atoms with Crippen LogP contribution in [0.2, 0.25) is 0 Å². The summed E-state index contributed by atoms with van der Waals surface area (Å²) in [7, 11) is 0. The van der Waals surface area contributed by atoms with E-state index in [-0.39, 0.29) is 11.4 Å². The minimum atomic E-state index is -0.120. The molecule has 0 unspecified atom stereocenters. The van der Waals surface area contributed by atoms with Gasteiger partial charge < -0.3 is 5.11 Å². The van der Waals surface area contributed by atoms with E-state index in [9.17, 15) is 9.90 Å². The van der Waals surface area contributed by atoms with Crippen LogP contribution in [0.5, 0.6) is 5.88 Å². The molecule has 3 nitrogen and oxygen atoms in total. The lowest BCUT2D eigenvalue weighted by Crippen LogP contribution is -2.19. The van der Waals surface area contributed by atoms with Crippen molar-refractivity contribution in [1.82, 2.24) is 4.57 Å². The first-order chi connectivity index (χ1) is 11.2. The van der Waals surface area contributed by atoms with Crippen molar-refractivity contribution in [3.63, 3.8) is 0 Å². The minimum absolute atomic E-state index is 0.0949. The third-order valence-electron chi connectivity index (χ3n) is 4.29. The van der Waals surface area contributed by atoms with Crippen LogP contribution in [0.3, 0.4) is 0 Å². The van der Waals surface area contributed by atoms with Crippen LogP contribution in [0.1, 0.15) is 51.4 Å². The first-order valence-electron chi connectivity index (χ1n) is 8.66. The van der Waals surface area contributed by atoms with Gasteiger partial charge in [-0.2, -0.15) is 0 Å². The van der Waals surface area contributed by atoms with E-state index in [0.717, 1.165) is 30.0 Å². The molecule has 0 atom stereocenters. The number of pyridine rings is 1. The van der Waals surface area contributed by atoms with E-state index in [0.29, 0.717) is 6.54 Å². The van der Waals surface area contributed by atoms with Gasteiger partial charge in [0.1, 0.15) is 0 Å². The van der Waals surface area contributed by atoms with Crippen molar-refractivity contribution in [2.75, 3.05) is 0 Å². The Kier molecular flexibility index (Phi) is 6.92. The Morgan fingerprint density at radius 2 is 1.65 bits per heavy atom. The van der Waals surface area contributed by atoms with Crippen LogP contribution in [-0.4, -0.2) is 9.67 Å². The zero-order chi connectivity index (χ0) is 16.5. The molecule has 1 heterocycles. The van der Waals surface area contributed by atoms with Crippen molar-refractivity contribution in [1.29, 1.82) is 0 Å². The fourth-order valence-electron chi connectivity index (χ4n) is 2.95. The smallest absolute Gasteiger partial charge is 0.253 e. The Balaban J connectivity index is 1.79. The third kappa shape index (κ3) is 4.98. The van der Waals surface area contributed by atoms with E-state index in [1.165, 1.54) is 36.7 Å². The summed E-state index contributed by atoms with van der Waals surface area (Å²) in [6, 6.07) is 9.06. The van der Waals surface area contributed by atoms with E-state index < -0.39 is 0 Å². The summed E-state index contributed by atoms with van der Waals surface area (Å²) < 4.78 is 1.49. The topological polar surface area (TPSA) is 42.2 Å². The average Bonchev–Trinajstić information content (AvgIpc) is 2.56. The van der Waals surface area contributed by atoms with Crippen LogP contribution < -0.4 is 5.56 Å². The van der Waals surface area contributed by atoms with E-state index >= 15 is 0 Å². The van der Waals surface area contributed by atoms with Crippen molar-refractivity contribution < 1.29 is 5.11 Å². The van der Waals surface area contributed by atoms with Crippen LogP contribution in [0, 0.1) is 0 Å². The number of hydrogen-bond donors (Lipinski definition) is 1. The quantitative estimate of drug-likeness (QED) is 0.494. The van der Waals surface area contributed by atoms with Crippen LogP contribution in [0.25, 0.3) is 10.8 Å². The molecule has 3 heteroatoms. The Hall–Kier alpha value is -2.03. The highest BCUT2D eigenvalue weighted by Gasteiger charge is 2.07. The number of aromatic nitrogens is 1. The van der Waals surface area contributed by atoms with Gasteiger partial charge >= 0.3 is 0 Å². The number of unbranched alkanes of at least 4 members (excludes halogenated alkanes) is 7. The highest BCUT2D eigenvalue weighted by molar-refractivity contribution is 5.86. The van der Waals surface area contributed by atoms with Crippen molar-refractivity contribution >= 4 is 10.8 Å². The SMILES string of the molecule is C=CCCCCCCCCCn1c(O)c2ccccc2cc1=O. The predicted molar refractivity (Wildman–Crippen MR) is 97.0 cm³/mol. The molecule has 2 rings (SSSR count). The fraction of sp³-hybridized carbons (Fsp3) is 0.450. The molecular formula is C20H27NO2. The van der Waals surface area contributed by atoms with Gasteiger partial charge in [0, 0.05) is 18.0 Å². The molecule has 124 valence electrons. The summed E-state index contributed by atoms with van der Waals surface area (Å²) >= 11 is 0. The highest BCUT2D eigenvalue weighted by atomic mass is 16.3. The number of rotatable bonds is 10. The van der Waals surface area contributed by atoms with Crippen LogP contribution in [0.4, 0.5) is 0 Å². The van der Waals surface area contributed by atoms with Crippen molar-refractivity contribution in [2.45, 2.75) is 57.9 Å². The lowest BCUT2D eigenvalue weighted by molar-refractivity contribution is 0.405. The molecule has 0 aliphatic carbocycles. The largest absolute Gasteiger partial charge is 0.494 e. The molecule has 0 amide bonds. The molecule has 0 saturated heterocycles. The van der Waals surface area contributed by atoms with E-state index in [1.807, 2.05) is 30.3 Å². The molecule has 0 radical (unpaired) electrons. The Labute approximate surface area is 138 Å². The molecule has 0 saturated carbocycles. The highest BCUT2D eigenvalue weighted by Crippen LogP contribution is 2.22. The molecule has 1 aromatic heterocycles. The Bertz CT molecular complexity index is 688. The maximum Gasteiger partial charge on any atom is 0.253 e. The van der Waals surface area contributed by atoms with E-state index in [2.05, 4.69) is 6.58 Å². The van der Waals surface area contributed by atoms with Crippen molar-refractivity contribution in [3.05, 3.63) is 53.3 Å². The Morgan fingerprint density at radius 3 is 2.39 bits per heavy atom. The lowest BCUT2D eigenvalue weighted by Gasteiger charge is -2.10. The number of allylic oxidation sites excluding steroid dienone is 1. The minimum Gasteiger partial charge on any atom is -0.494 e. The maximum absolute atomic E-state index is 12.1. The zero-order valence-electron chi connectivity index (χ0n) is 13.8. The Morgan fingerprint density at radius 1 is 1.00 bits per heavy atom. The summed E-state index contributed by atoms with van der Waals surface area (Å²) in [4.78, 5) is 12.1. The zero-order valence-corrected chi connectivity index (χ0v) is 13.8. The summed E-state index contributed by atoms with van der Waals surface area (Å²) in [5.41, 5.74) is -0.120. The van der Waals surface area contributed by atoms with Gasteiger partial charge in [0.05, 0.1) is 0 Å². The van der Waals surface area contributed by atoms with E-state index in [4.69, 9.17) is 0 Å². The van der Waals surface area contributed by atoms with Gasteiger partial charge in [-0.25, -0.2) is 0 Å². The molecule has 23 heavy (non-hydrogen) atoms. The summed E-state index contributed by atoms with van der Waals surface area (Å²) in [5, 5.41) is 11.9. The van der Waals surface area contributed by atoms with Gasteiger partial charge in [0.25, 0.3) is 5.56 Å². The summed E-state index contributed by atoms with van der Waals surface area (Å²) in [6.07, 6.45) is 11.3. The van der Waals surface area contributed by atoms with Gasteiger partial charge in [-0.3, -0.25) is 9.36 Å². The van der Waals surface area contributed by atoms with Crippen LogP contribution in [0.15, 0.2) is 47.8 Å². The van der Waals surface area contributed by atoms with Crippen LogP contribution in [-0.2, 0) is 6.54 Å². The third-order valence-corrected chi connectivity index (χ3v) is 4.29. The second-order valence-electron chi connectivity index (χ2n) is 6.10. The molecule has 0 spiro atoms. The van der Waals surface area contributed by atoms with Gasteiger partial charge in [0.15, 0.2) is 0 Å². The molecule has 1 N–H and O–H groups in total. The first-order valence-corrected chi connectivity index (χ1v) is 8.66. The molecular weight excluding hydrogens is 286 g/mol.